The van der Waals surface area contributed by atoms with Crippen molar-refractivity contribution in [2.75, 3.05) is 0 Å². The zero-order valence-corrected chi connectivity index (χ0v) is 17.5. The van der Waals surface area contributed by atoms with Crippen LogP contribution in [0, 0.1) is 18.3 Å². The summed E-state index contributed by atoms with van der Waals surface area (Å²) in [5.41, 5.74) is 2.03. The van der Waals surface area contributed by atoms with Gasteiger partial charge in [0.1, 0.15) is 12.5 Å². The second-order valence-electron chi connectivity index (χ2n) is 7.51. The molecule has 0 radical (unpaired) electrons. The van der Waals surface area contributed by atoms with Crippen LogP contribution in [0.25, 0.3) is 10.8 Å². The molecule has 2 atom stereocenters. The van der Waals surface area contributed by atoms with Crippen LogP contribution in [0.3, 0.4) is 0 Å². The van der Waals surface area contributed by atoms with E-state index < -0.39 is 17.8 Å². The molecule has 0 bridgehead atoms. The summed E-state index contributed by atoms with van der Waals surface area (Å²) in [6.45, 7) is 0.0745. The number of terminal acetylenes is 1. The van der Waals surface area contributed by atoms with E-state index in [9.17, 15) is 9.59 Å². The van der Waals surface area contributed by atoms with E-state index in [0.29, 0.717) is 5.56 Å². The lowest BCUT2D eigenvalue weighted by Gasteiger charge is -2.23. The minimum atomic E-state index is -1.16. The molecular formula is C29H22O3. The fourth-order valence-electron chi connectivity index (χ4n) is 3.88. The highest BCUT2D eigenvalue weighted by atomic mass is 16.5. The highest BCUT2D eigenvalue weighted by Gasteiger charge is 2.37. The molecule has 32 heavy (non-hydrogen) atoms. The maximum Gasteiger partial charge on any atom is 0.318 e. The summed E-state index contributed by atoms with van der Waals surface area (Å²) in [5, 5.41) is 1.91. The molecule has 0 spiro atoms. The fourth-order valence-corrected chi connectivity index (χ4v) is 3.88. The number of benzene rings is 4. The van der Waals surface area contributed by atoms with Crippen LogP contribution in [-0.4, -0.2) is 11.8 Å². The molecule has 0 saturated carbocycles. The third-order valence-corrected chi connectivity index (χ3v) is 5.49. The molecule has 0 aliphatic heterocycles. The largest absolute Gasteiger partial charge is 0.460 e. The van der Waals surface area contributed by atoms with Crippen LogP contribution in [0.2, 0.25) is 0 Å². The van der Waals surface area contributed by atoms with Crippen LogP contribution in [-0.2, 0) is 16.1 Å². The number of carbonyl (C=O) groups excluding carboxylic acids is 2. The molecule has 3 heteroatoms. The van der Waals surface area contributed by atoms with Gasteiger partial charge < -0.3 is 4.74 Å². The molecule has 0 aliphatic rings. The molecular weight excluding hydrogens is 396 g/mol. The van der Waals surface area contributed by atoms with Crippen molar-refractivity contribution in [1.82, 2.24) is 0 Å². The van der Waals surface area contributed by atoms with Gasteiger partial charge in [0.25, 0.3) is 0 Å². The van der Waals surface area contributed by atoms with E-state index in [0.717, 1.165) is 21.9 Å². The number of ketones is 1. The number of carbonyl (C=O) groups is 2. The molecule has 4 rings (SSSR count). The lowest BCUT2D eigenvalue weighted by atomic mass is 9.80. The monoisotopic (exact) mass is 418 g/mol. The predicted octanol–water partition coefficient (Wildman–Crippen LogP) is 5.80. The summed E-state index contributed by atoms with van der Waals surface area (Å²) >= 11 is 0. The summed E-state index contributed by atoms with van der Waals surface area (Å²) < 4.78 is 5.59. The van der Waals surface area contributed by atoms with E-state index in [-0.39, 0.29) is 12.4 Å². The molecule has 4 aromatic carbocycles. The van der Waals surface area contributed by atoms with E-state index in [1.54, 1.807) is 24.3 Å². The van der Waals surface area contributed by atoms with Crippen molar-refractivity contribution < 1.29 is 14.3 Å². The first-order valence-electron chi connectivity index (χ1n) is 10.4. The first kappa shape index (κ1) is 21.1. The Morgan fingerprint density at radius 1 is 0.781 bits per heavy atom. The smallest absolute Gasteiger partial charge is 0.318 e. The summed E-state index contributed by atoms with van der Waals surface area (Å²) in [4.78, 5) is 26.8. The number of hydrogen-bond donors (Lipinski definition) is 0. The Balaban J connectivity index is 1.74. The number of esters is 1. The molecule has 0 aliphatic carbocycles. The average Bonchev–Trinajstić information content (AvgIpc) is 2.86. The Morgan fingerprint density at radius 2 is 1.41 bits per heavy atom. The van der Waals surface area contributed by atoms with E-state index in [4.69, 9.17) is 11.2 Å². The molecule has 0 heterocycles. The lowest BCUT2D eigenvalue weighted by Crippen LogP contribution is -2.31. The Kier molecular flexibility index (Phi) is 6.43. The molecule has 0 unspecified atom stereocenters. The van der Waals surface area contributed by atoms with Crippen molar-refractivity contribution in [3.63, 3.8) is 0 Å². The molecule has 4 aromatic rings. The van der Waals surface area contributed by atoms with Gasteiger partial charge in [-0.2, -0.15) is 0 Å². The van der Waals surface area contributed by atoms with Gasteiger partial charge in [-0.15, -0.1) is 6.42 Å². The van der Waals surface area contributed by atoms with E-state index in [1.807, 2.05) is 78.9 Å². The maximum absolute atomic E-state index is 13.5. The highest BCUT2D eigenvalue weighted by Crippen LogP contribution is 2.33. The standard InChI is InChI=1S/C29H22O3/c1-2-24(26-19-11-17-22-14-9-10-18-25(22)26)27(28(30)23-15-7-4-8-16-23)29(31)32-20-21-12-5-3-6-13-21/h1,3-19,24,27H,20H2/t24-,27-/m1/s1. The van der Waals surface area contributed by atoms with E-state index >= 15 is 0 Å². The fraction of sp³-hybridized carbons (Fsp3) is 0.103. The number of rotatable bonds is 7. The van der Waals surface area contributed by atoms with Crippen LogP contribution >= 0.6 is 0 Å². The van der Waals surface area contributed by atoms with Crippen LogP contribution in [0.5, 0.6) is 0 Å². The summed E-state index contributed by atoms with van der Waals surface area (Å²) in [5.74, 6) is -0.177. The summed E-state index contributed by atoms with van der Waals surface area (Å²) in [6.07, 6.45) is 5.95. The van der Waals surface area contributed by atoms with Gasteiger partial charge in [0, 0.05) is 5.56 Å². The lowest BCUT2D eigenvalue weighted by molar-refractivity contribution is -0.148. The Bertz CT molecular complexity index is 1260. The SMILES string of the molecule is C#C[C@H](c1cccc2ccccc12)[C@@H](C(=O)OCc1ccccc1)C(=O)c1ccccc1. The van der Waals surface area contributed by atoms with Gasteiger partial charge in [0.2, 0.25) is 0 Å². The molecule has 0 aromatic heterocycles. The van der Waals surface area contributed by atoms with Crippen LogP contribution < -0.4 is 0 Å². The van der Waals surface area contributed by atoms with Crippen molar-refractivity contribution >= 4 is 22.5 Å². The van der Waals surface area contributed by atoms with Crippen molar-refractivity contribution in [2.24, 2.45) is 5.92 Å². The molecule has 156 valence electrons. The van der Waals surface area contributed by atoms with Crippen molar-refractivity contribution in [1.29, 1.82) is 0 Å². The van der Waals surface area contributed by atoms with Crippen LogP contribution in [0.15, 0.2) is 103 Å². The van der Waals surface area contributed by atoms with Crippen LogP contribution in [0.1, 0.15) is 27.4 Å². The normalized spacial score (nSPS) is 12.5. The first-order valence-corrected chi connectivity index (χ1v) is 10.4. The average molecular weight is 418 g/mol. The quantitative estimate of drug-likeness (QED) is 0.165. The predicted molar refractivity (Wildman–Crippen MR) is 126 cm³/mol. The van der Waals surface area contributed by atoms with Gasteiger partial charge in [-0.25, -0.2) is 0 Å². The number of ether oxygens (including phenoxy) is 1. The third-order valence-electron chi connectivity index (χ3n) is 5.49. The summed E-state index contributed by atoms with van der Waals surface area (Å²) in [7, 11) is 0. The molecule has 0 N–H and O–H groups in total. The number of Topliss-reactive ketones (excluding diaryl/α,β-unsaturated/α-hetero) is 1. The van der Waals surface area contributed by atoms with Gasteiger partial charge in [-0.1, -0.05) is 109 Å². The van der Waals surface area contributed by atoms with Gasteiger partial charge in [0.05, 0.1) is 5.92 Å². The van der Waals surface area contributed by atoms with E-state index in [2.05, 4.69) is 5.92 Å². The zero-order valence-electron chi connectivity index (χ0n) is 17.5. The first-order chi connectivity index (χ1) is 15.7. The topological polar surface area (TPSA) is 43.4 Å². The molecule has 0 amide bonds. The number of fused-ring (bicyclic) bond motifs is 1. The molecule has 0 saturated heterocycles. The second-order valence-corrected chi connectivity index (χ2v) is 7.51. The van der Waals surface area contributed by atoms with Gasteiger partial charge in [-0.05, 0) is 21.9 Å². The Labute approximate surface area is 187 Å². The van der Waals surface area contributed by atoms with Crippen molar-refractivity contribution in [3.8, 4) is 12.3 Å². The minimum Gasteiger partial charge on any atom is -0.460 e. The second kappa shape index (κ2) is 9.76. The maximum atomic E-state index is 13.5. The third kappa shape index (κ3) is 4.45. The van der Waals surface area contributed by atoms with Gasteiger partial charge >= 0.3 is 5.97 Å². The van der Waals surface area contributed by atoms with Crippen LogP contribution in [0.4, 0.5) is 0 Å². The Hall–Kier alpha value is -4.16. The van der Waals surface area contributed by atoms with Crippen molar-refractivity contribution in [2.45, 2.75) is 12.5 Å². The number of hydrogen-bond acceptors (Lipinski definition) is 3. The Morgan fingerprint density at radius 3 is 2.12 bits per heavy atom. The minimum absolute atomic E-state index is 0.0745. The van der Waals surface area contributed by atoms with Gasteiger partial charge in [-0.3, -0.25) is 9.59 Å². The van der Waals surface area contributed by atoms with Crippen molar-refractivity contribution in [3.05, 3.63) is 120 Å². The highest BCUT2D eigenvalue weighted by molar-refractivity contribution is 6.10. The molecule has 0 fully saturated rings. The zero-order chi connectivity index (χ0) is 22.3. The summed E-state index contributed by atoms with van der Waals surface area (Å²) in [6, 6.07) is 31.6. The van der Waals surface area contributed by atoms with E-state index in [1.165, 1.54) is 0 Å². The molecule has 3 nitrogen and oxygen atoms in total. The van der Waals surface area contributed by atoms with Gasteiger partial charge in [0.15, 0.2) is 5.78 Å².